The van der Waals surface area contributed by atoms with E-state index >= 15 is 0 Å². The molecule has 0 aliphatic heterocycles. The van der Waals surface area contributed by atoms with Gasteiger partial charge in [0.2, 0.25) is 0 Å². The SMILES string of the molecule is CCCc1c(CBr)cnn1CCS(C)(=O)=O. The summed E-state index contributed by atoms with van der Waals surface area (Å²) in [6.07, 6.45) is 5.03. The van der Waals surface area contributed by atoms with Gasteiger partial charge in [0, 0.05) is 22.8 Å². The normalized spacial score (nSPS) is 11.9. The van der Waals surface area contributed by atoms with E-state index in [4.69, 9.17) is 0 Å². The first-order valence-electron chi connectivity index (χ1n) is 5.25. The lowest BCUT2D eigenvalue weighted by Gasteiger charge is -2.07. The number of nitrogens with zero attached hydrogens (tertiary/aromatic N) is 2. The number of aryl methyl sites for hydroxylation is 1. The molecule has 1 aromatic heterocycles. The monoisotopic (exact) mass is 308 g/mol. The van der Waals surface area contributed by atoms with Crippen LogP contribution >= 0.6 is 15.9 Å². The Labute approximate surface area is 105 Å². The van der Waals surface area contributed by atoms with E-state index in [0.29, 0.717) is 6.54 Å². The maximum Gasteiger partial charge on any atom is 0.149 e. The Bertz CT molecular complexity index is 440. The van der Waals surface area contributed by atoms with Crippen LogP contribution in [0.3, 0.4) is 0 Å². The van der Waals surface area contributed by atoms with Gasteiger partial charge in [-0.3, -0.25) is 4.68 Å². The summed E-state index contributed by atoms with van der Waals surface area (Å²) in [6, 6.07) is 0. The fourth-order valence-electron chi connectivity index (χ4n) is 1.53. The first-order chi connectivity index (χ1) is 7.48. The van der Waals surface area contributed by atoms with Crippen LogP contribution in [0.15, 0.2) is 6.20 Å². The summed E-state index contributed by atoms with van der Waals surface area (Å²) in [5, 5.41) is 5.00. The Hall–Kier alpha value is -0.360. The Kier molecular flexibility index (Phi) is 4.98. The van der Waals surface area contributed by atoms with Crippen LogP contribution in [0.1, 0.15) is 24.6 Å². The third-order valence-corrected chi connectivity index (χ3v) is 3.87. The van der Waals surface area contributed by atoms with E-state index in [0.717, 1.165) is 29.4 Å². The molecule has 0 saturated heterocycles. The summed E-state index contributed by atoms with van der Waals surface area (Å²) >= 11 is 3.41. The summed E-state index contributed by atoms with van der Waals surface area (Å²) in [6.45, 7) is 2.55. The molecule has 92 valence electrons. The van der Waals surface area contributed by atoms with Gasteiger partial charge in [0.1, 0.15) is 9.84 Å². The zero-order valence-electron chi connectivity index (χ0n) is 9.61. The summed E-state index contributed by atoms with van der Waals surface area (Å²) in [5.74, 6) is 0.146. The van der Waals surface area contributed by atoms with E-state index < -0.39 is 9.84 Å². The fourth-order valence-corrected chi connectivity index (χ4v) is 2.51. The molecule has 0 bridgehead atoms. The van der Waals surface area contributed by atoms with E-state index in [1.807, 2.05) is 6.20 Å². The molecule has 0 unspecified atom stereocenters. The smallest absolute Gasteiger partial charge is 0.149 e. The van der Waals surface area contributed by atoms with Gasteiger partial charge in [-0.25, -0.2) is 8.42 Å². The highest BCUT2D eigenvalue weighted by Gasteiger charge is 2.10. The minimum atomic E-state index is -2.92. The molecule has 0 amide bonds. The van der Waals surface area contributed by atoms with Crippen LogP contribution in [0.2, 0.25) is 0 Å². The van der Waals surface area contributed by atoms with E-state index in [2.05, 4.69) is 28.0 Å². The van der Waals surface area contributed by atoms with Crippen molar-refractivity contribution in [1.29, 1.82) is 0 Å². The van der Waals surface area contributed by atoms with Crippen LogP contribution in [0.25, 0.3) is 0 Å². The third kappa shape index (κ3) is 3.90. The molecule has 0 fully saturated rings. The average Bonchev–Trinajstić information content (AvgIpc) is 2.57. The van der Waals surface area contributed by atoms with E-state index in [1.54, 1.807) is 4.68 Å². The van der Waals surface area contributed by atoms with Crippen molar-refractivity contribution in [1.82, 2.24) is 9.78 Å². The first kappa shape index (κ1) is 13.7. The number of aromatic nitrogens is 2. The van der Waals surface area contributed by atoms with E-state index in [1.165, 1.54) is 6.26 Å². The van der Waals surface area contributed by atoms with Gasteiger partial charge in [0.15, 0.2) is 0 Å². The van der Waals surface area contributed by atoms with Crippen molar-refractivity contribution < 1.29 is 8.42 Å². The predicted molar refractivity (Wildman–Crippen MR) is 68.6 cm³/mol. The molecule has 4 nitrogen and oxygen atoms in total. The molecule has 0 atom stereocenters. The van der Waals surface area contributed by atoms with Crippen molar-refractivity contribution in [3.05, 3.63) is 17.5 Å². The zero-order valence-corrected chi connectivity index (χ0v) is 12.0. The molecule has 1 heterocycles. The van der Waals surface area contributed by atoms with Gasteiger partial charge in [0.25, 0.3) is 0 Å². The van der Waals surface area contributed by atoms with E-state index in [9.17, 15) is 8.42 Å². The van der Waals surface area contributed by atoms with Crippen LogP contribution < -0.4 is 0 Å². The summed E-state index contributed by atoms with van der Waals surface area (Å²) in [7, 11) is -2.92. The molecule has 0 saturated carbocycles. The summed E-state index contributed by atoms with van der Waals surface area (Å²) in [5.41, 5.74) is 2.29. The first-order valence-corrected chi connectivity index (χ1v) is 8.43. The molecule has 16 heavy (non-hydrogen) atoms. The van der Waals surface area contributed by atoms with Crippen LogP contribution in [-0.4, -0.2) is 30.2 Å². The quantitative estimate of drug-likeness (QED) is 0.753. The number of rotatable bonds is 6. The van der Waals surface area contributed by atoms with Gasteiger partial charge in [-0.1, -0.05) is 29.3 Å². The maximum absolute atomic E-state index is 11.1. The van der Waals surface area contributed by atoms with Gasteiger partial charge in [-0.15, -0.1) is 0 Å². The molecule has 0 N–H and O–H groups in total. The van der Waals surface area contributed by atoms with Crippen LogP contribution in [0.5, 0.6) is 0 Å². The highest BCUT2D eigenvalue weighted by Crippen LogP contribution is 2.14. The number of halogens is 1. The highest BCUT2D eigenvalue weighted by atomic mass is 79.9. The molecule has 0 aromatic carbocycles. The van der Waals surface area contributed by atoms with Gasteiger partial charge in [-0.2, -0.15) is 5.10 Å². The minimum Gasteiger partial charge on any atom is -0.268 e. The largest absolute Gasteiger partial charge is 0.268 e. The lowest BCUT2D eigenvalue weighted by Crippen LogP contribution is -2.14. The Morgan fingerprint density at radius 1 is 1.50 bits per heavy atom. The molecule has 0 spiro atoms. The summed E-state index contributed by atoms with van der Waals surface area (Å²) in [4.78, 5) is 0. The van der Waals surface area contributed by atoms with Crippen molar-refractivity contribution in [2.24, 2.45) is 0 Å². The molecule has 0 radical (unpaired) electrons. The molecule has 1 aromatic rings. The predicted octanol–water partition coefficient (Wildman–Crippen LogP) is 1.78. The van der Waals surface area contributed by atoms with Crippen molar-refractivity contribution in [3.63, 3.8) is 0 Å². The second-order valence-electron chi connectivity index (χ2n) is 3.85. The number of alkyl halides is 1. The Balaban J connectivity index is 2.83. The second kappa shape index (κ2) is 5.82. The van der Waals surface area contributed by atoms with Crippen LogP contribution in [0.4, 0.5) is 0 Å². The second-order valence-corrected chi connectivity index (χ2v) is 6.67. The van der Waals surface area contributed by atoms with Crippen molar-refractivity contribution in [3.8, 4) is 0 Å². The molecular formula is C10H17BrN2O2S. The number of hydrogen-bond donors (Lipinski definition) is 0. The van der Waals surface area contributed by atoms with Crippen molar-refractivity contribution in [2.45, 2.75) is 31.6 Å². The van der Waals surface area contributed by atoms with Gasteiger partial charge < -0.3 is 0 Å². The Morgan fingerprint density at radius 3 is 2.69 bits per heavy atom. The Morgan fingerprint density at radius 2 is 2.19 bits per heavy atom. The fraction of sp³-hybridized carbons (Fsp3) is 0.700. The molecule has 0 aliphatic rings. The van der Waals surface area contributed by atoms with Gasteiger partial charge in [-0.05, 0) is 6.42 Å². The van der Waals surface area contributed by atoms with Gasteiger partial charge in [0.05, 0.1) is 18.5 Å². The highest BCUT2D eigenvalue weighted by molar-refractivity contribution is 9.08. The van der Waals surface area contributed by atoms with Crippen LogP contribution in [-0.2, 0) is 28.1 Å². The van der Waals surface area contributed by atoms with Crippen LogP contribution in [0, 0.1) is 0 Å². The molecule has 1 rings (SSSR count). The summed E-state index contributed by atoms with van der Waals surface area (Å²) < 4.78 is 24.0. The van der Waals surface area contributed by atoms with E-state index in [-0.39, 0.29) is 5.75 Å². The van der Waals surface area contributed by atoms with Crippen molar-refractivity contribution >= 4 is 25.8 Å². The topological polar surface area (TPSA) is 52.0 Å². The standard InChI is InChI=1S/C10H17BrN2O2S/c1-3-4-10-9(7-11)8-12-13(10)5-6-16(2,14)15/h8H,3-7H2,1-2H3. The lowest BCUT2D eigenvalue weighted by molar-refractivity contribution is 0.576. The zero-order chi connectivity index (χ0) is 12.2. The lowest BCUT2D eigenvalue weighted by atomic mass is 10.2. The van der Waals surface area contributed by atoms with Gasteiger partial charge >= 0.3 is 0 Å². The number of sulfone groups is 1. The molecular weight excluding hydrogens is 292 g/mol. The molecule has 6 heteroatoms. The minimum absolute atomic E-state index is 0.146. The van der Waals surface area contributed by atoms with Crippen molar-refractivity contribution in [2.75, 3.05) is 12.0 Å². The maximum atomic E-state index is 11.1. The third-order valence-electron chi connectivity index (χ3n) is 2.34. The number of hydrogen-bond acceptors (Lipinski definition) is 3. The molecule has 0 aliphatic carbocycles. The average molecular weight is 309 g/mol.